The predicted molar refractivity (Wildman–Crippen MR) is 93.2 cm³/mol. The van der Waals surface area contributed by atoms with Crippen LogP contribution in [-0.4, -0.2) is 46.2 Å². The largest absolute Gasteiger partial charge is 0.469 e. The van der Waals surface area contributed by atoms with E-state index in [4.69, 9.17) is 0 Å². The van der Waals surface area contributed by atoms with Crippen molar-refractivity contribution < 1.29 is 24.9 Å². The zero-order chi connectivity index (χ0) is 17.8. The molecule has 0 saturated heterocycles. The van der Waals surface area contributed by atoms with Crippen LogP contribution in [0.1, 0.15) is 38.5 Å². The number of esters is 1. The molecule has 0 unspecified atom stereocenters. The molecule has 0 bridgehead atoms. The van der Waals surface area contributed by atoms with Gasteiger partial charge in [-0.3, -0.25) is 4.79 Å². The minimum Gasteiger partial charge on any atom is -0.469 e. The van der Waals surface area contributed by atoms with Gasteiger partial charge in [0, 0.05) is 6.42 Å². The van der Waals surface area contributed by atoms with Crippen LogP contribution < -0.4 is 0 Å². The molecule has 3 N–H and O–H groups in total. The molecule has 0 aromatic rings. The second kappa shape index (κ2) is 11.0. The molecular weight excluding hydrogens is 308 g/mol. The van der Waals surface area contributed by atoms with Gasteiger partial charge in [0.15, 0.2) is 0 Å². The van der Waals surface area contributed by atoms with Gasteiger partial charge in [-0.25, -0.2) is 0 Å². The molecule has 0 radical (unpaired) electrons. The summed E-state index contributed by atoms with van der Waals surface area (Å²) in [6.07, 6.45) is 15.9. The second-order valence-electron chi connectivity index (χ2n) is 6.00. The summed E-state index contributed by atoms with van der Waals surface area (Å²) in [6.45, 7) is 0. The van der Waals surface area contributed by atoms with E-state index < -0.39 is 17.8 Å². The fraction of sp³-hybridized carbons (Fsp3) is 0.526. The molecular formula is C19H28O5. The van der Waals surface area contributed by atoms with Gasteiger partial charge in [-0.2, -0.15) is 0 Å². The molecule has 1 fully saturated rings. The summed E-state index contributed by atoms with van der Waals surface area (Å²) in [5, 5.41) is 29.4. The average molecular weight is 336 g/mol. The van der Waals surface area contributed by atoms with Gasteiger partial charge in [-0.05, 0) is 32.1 Å². The Bertz CT molecular complexity index is 486. The molecule has 24 heavy (non-hydrogen) atoms. The standard InChI is InChI=1S/C19H28O5/c1-24-18(22)12-8-11-17(21)16(20)10-6-4-2-3-5-7-13-19(23)14-9-15-19/h2-7,10,13,16-17,20-21,23H,8-9,11-12,14-15H2,1H3/b4-2+,5-3-,10-6+,13-7+/t16-,17+/m1/s1. The Balaban J connectivity index is 2.20. The number of allylic oxidation sites excluding steroid dienone is 6. The van der Waals surface area contributed by atoms with Crippen LogP contribution in [0.25, 0.3) is 0 Å². The highest BCUT2D eigenvalue weighted by Gasteiger charge is 2.30. The Morgan fingerprint density at radius 1 is 1.12 bits per heavy atom. The number of aliphatic hydroxyl groups is 3. The molecule has 0 aromatic carbocycles. The Kier molecular flexibility index (Phi) is 9.30. The molecule has 5 nitrogen and oxygen atoms in total. The van der Waals surface area contributed by atoms with E-state index in [1.807, 2.05) is 24.3 Å². The Morgan fingerprint density at radius 2 is 1.75 bits per heavy atom. The highest BCUT2D eigenvalue weighted by atomic mass is 16.5. The Labute approximate surface area is 143 Å². The monoisotopic (exact) mass is 336 g/mol. The third kappa shape index (κ3) is 8.24. The second-order valence-corrected chi connectivity index (χ2v) is 6.00. The van der Waals surface area contributed by atoms with Gasteiger partial charge in [0.2, 0.25) is 0 Å². The van der Waals surface area contributed by atoms with E-state index in [0.717, 1.165) is 19.3 Å². The fourth-order valence-electron chi connectivity index (χ4n) is 2.23. The van der Waals surface area contributed by atoms with E-state index in [9.17, 15) is 20.1 Å². The van der Waals surface area contributed by atoms with E-state index in [1.165, 1.54) is 13.2 Å². The number of methoxy groups -OCH3 is 1. The molecule has 0 aliphatic heterocycles. The highest BCUT2D eigenvalue weighted by molar-refractivity contribution is 5.68. The lowest BCUT2D eigenvalue weighted by Crippen LogP contribution is -2.33. The lowest BCUT2D eigenvalue weighted by atomic mass is 9.80. The van der Waals surface area contributed by atoms with E-state index in [0.29, 0.717) is 12.8 Å². The van der Waals surface area contributed by atoms with Crippen molar-refractivity contribution in [1.82, 2.24) is 0 Å². The summed E-state index contributed by atoms with van der Waals surface area (Å²) >= 11 is 0. The van der Waals surface area contributed by atoms with Crippen molar-refractivity contribution in [3.8, 4) is 0 Å². The van der Waals surface area contributed by atoms with Gasteiger partial charge in [0.05, 0.1) is 24.9 Å². The van der Waals surface area contributed by atoms with Crippen LogP contribution in [-0.2, 0) is 9.53 Å². The maximum absolute atomic E-state index is 10.9. The number of hydrogen-bond donors (Lipinski definition) is 3. The summed E-state index contributed by atoms with van der Waals surface area (Å²) in [6, 6.07) is 0. The van der Waals surface area contributed by atoms with Crippen molar-refractivity contribution in [2.24, 2.45) is 0 Å². The first-order valence-electron chi connectivity index (χ1n) is 8.31. The van der Waals surface area contributed by atoms with E-state index in [1.54, 1.807) is 18.2 Å². The third-order valence-electron chi connectivity index (χ3n) is 3.99. The molecule has 5 heteroatoms. The van der Waals surface area contributed by atoms with E-state index in [2.05, 4.69) is 4.74 Å². The van der Waals surface area contributed by atoms with Gasteiger partial charge in [-0.15, -0.1) is 0 Å². The van der Waals surface area contributed by atoms with Crippen molar-refractivity contribution in [3.05, 3.63) is 48.6 Å². The van der Waals surface area contributed by atoms with Gasteiger partial charge >= 0.3 is 5.97 Å². The molecule has 1 saturated carbocycles. The highest BCUT2D eigenvalue weighted by Crippen LogP contribution is 2.32. The van der Waals surface area contributed by atoms with Crippen molar-refractivity contribution in [2.75, 3.05) is 7.11 Å². The number of hydrogen-bond acceptors (Lipinski definition) is 5. The van der Waals surface area contributed by atoms with Crippen LogP contribution in [0.3, 0.4) is 0 Å². The lowest BCUT2D eigenvalue weighted by Gasteiger charge is -2.33. The maximum Gasteiger partial charge on any atom is 0.305 e. The minimum absolute atomic E-state index is 0.233. The molecule has 134 valence electrons. The summed E-state index contributed by atoms with van der Waals surface area (Å²) in [5.74, 6) is -0.319. The van der Waals surface area contributed by atoms with Gasteiger partial charge in [0.25, 0.3) is 0 Å². The molecule has 2 atom stereocenters. The molecule has 1 rings (SSSR count). The number of carbonyl (C=O) groups excluding carboxylic acids is 1. The summed E-state index contributed by atoms with van der Waals surface area (Å²) < 4.78 is 4.51. The van der Waals surface area contributed by atoms with Gasteiger partial charge in [-0.1, -0.05) is 48.6 Å². The van der Waals surface area contributed by atoms with Crippen molar-refractivity contribution in [2.45, 2.75) is 56.3 Å². The third-order valence-corrected chi connectivity index (χ3v) is 3.99. The quantitative estimate of drug-likeness (QED) is 0.420. The summed E-state index contributed by atoms with van der Waals surface area (Å²) in [7, 11) is 1.32. The van der Waals surface area contributed by atoms with E-state index in [-0.39, 0.29) is 12.4 Å². The molecule has 0 amide bonds. The number of rotatable bonds is 10. The summed E-state index contributed by atoms with van der Waals surface area (Å²) in [5.41, 5.74) is -0.609. The molecule has 0 heterocycles. The molecule has 0 spiro atoms. The molecule has 0 aromatic heterocycles. The SMILES string of the molecule is COC(=O)CCC[C@H](O)[C@H](O)/C=C/C=C/C=C\C=C\C1(O)CCC1. The fourth-order valence-corrected chi connectivity index (χ4v) is 2.23. The van der Waals surface area contributed by atoms with Crippen LogP contribution in [0.4, 0.5) is 0 Å². The van der Waals surface area contributed by atoms with Crippen LogP contribution in [0.5, 0.6) is 0 Å². The first-order chi connectivity index (χ1) is 11.5. The van der Waals surface area contributed by atoms with Gasteiger partial charge < -0.3 is 20.1 Å². The first-order valence-corrected chi connectivity index (χ1v) is 8.31. The Morgan fingerprint density at radius 3 is 2.33 bits per heavy atom. The number of ether oxygens (including phenoxy) is 1. The van der Waals surface area contributed by atoms with Crippen LogP contribution in [0.2, 0.25) is 0 Å². The van der Waals surface area contributed by atoms with Crippen LogP contribution in [0, 0.1) is 0 Å². The van der Waals surface area contributed by atoms with Crippen molar-refractivity contribution >= 4 is 5.97 Å². The van der Waals surface area contributed by atoms with Crippen LogP contribution in [0.15, 0.2) is 48.6 Å². The maximum atomic E-state index is 10.9. The van der Waals surface area contributed by atoms with Gasteiger partial charge in [0.1, 0.15) is 0 Å². The molecule has 1 aliphatic carbocycles. The van der Waals surface area contributed by atoms with Crippen molar-refractivity contribution in [3.63, 3.8) is 0 Å². The minimum atomic E-state index is -0.968. The zero-order valence-corrected chi connectivity index (χ0v) is 14.2. The number of carbonyl (C=O) groups is 1. The summed E-state index contributed by atoms with van der Waals surface area (Å²) in [4.78, 5) is 10.9. The smallest absolute Gasteiger partial charge is 0.305 e. The normalized spacial score (nSPS) is 20.0. The number of aliphatic hydroxyl groups excluding tert-OH is 2. The van der Waals surface area contributed by atoms with Crippen molar-refractivity contribution in [1.29, 1.82) is 0 Å². The van der Waals surface area contributed by atoms with Crippen LogP contribution >= 0.6 is 0 Å². The topological polar surface area (TPSA) is 87.0 Å². The Hall–Kier alpha value is -1.69. The predicted octanol–water partition coefficient (Wildman–Crippen LogP) is 2.19. The first kappa shape index (κ1) is 20.4. The average Bonchev–Trinajstić information content (AvgIpc) is 2.54. The van der Waals surface area contributed by atoms with E-state index >= 15 is 0 Å². The zero-order valence-electron chi connectivity index (χ0n) is 14.2. The lowest BCUT2D eigenvalue weighted by molar-refractivity contribution is -0.140. The molecule has 1 aliphatic rings.